The highest BCUT2D eigenvalue weighted by molar-refractivity contribution is 9.10. The quantitative estimate of drug-likeness (QED) is 0.744. The third-order valence-corrected chi connectivity index (χ3v) is 6.25. The van der Waals surface area contributed by atoms with Crippen molar-refractivity contribution in [2.24, 2.45) is 11.7 Å². The van der Waals surface area contributed by atoms with Gasteiger partial charge in [0, 0.05) is 10.5 Å². The van der Waals surface area contributed by atoms with E-state index in [1.54, 1.807) is 12.1 Å². The summed E-state index contributed by atoms with van der Waals surface area (Å²) in [5.41, 5.74) is 8.12. The fourth-order valence-electron chi connectivity index (χ4n) is 2.69. The molecule has 1 aromatic carbocycles. The Hall–Kier alpha value is -1.12. The molecule has 1 saturated heterocycles. The molecule has 1 aliphatic heterocycles. The van der Waals surface area contributed by atoms with Crippen molar-refractivity contribution in [3.63, 3.8) is 0 Å². The Kier molecular flexibility index (Phi) is 3.26. The second kappa shape index (κ2) is 4.71. The smallest absolute Gasteiger partial charge is 0.323 e. The number of nitrogens with one attached hydrogen (secondary N) is 2. The second-order valence-corrected chi connectivity index (χ2v) is 8.27. The van der Waals surface area contributed by atoms with Crippen LogP contribution in [0.15, 0.2) is 21.4 Å². The van der Waals surface area contributed by atoms with Gasteiger partial charge >= 0.3 is 5.69 Å². The minimum absolute atomic E-state index is 0.0839. The van der Waals surface area contributed by atoms with Crippen LogP contribution >= 0.6 is 15.9 Å². The molecule has 2 aromatic rings. The van der Waals surface area contributed by atoms with Crippen LogP contribution in [0.3, 0.4) is 0 Å². The van der Waals surface area contributed by atoms with Gasteiger partial charge in [-0.1, -0.05) is 15.9 Å². The average molecular weight is 360 g/mol. The highest BCUT2D eigenvalue weighted by atomic mass is 79.9. The van der Waals surface area contributed by atoms with Crippen LogP contribution in [-0.2, 0) is 9.84 Å². The van der Waals surface area contributed by atoms with Gasteiger partial charge in [-0.05, 0) is 30.0 Å². The second-order valence-electron chi connectivity index (χ2n) is 5.19. The predicted molar refractivity (Wildman–Crippen MR) is 80.3 cm³/mol. The lowest BCUT2D eigenvalue weighted by molar-refractivity contribution is 0.479. The molecule has 1 aromatic heterocycles. The maximum atomic E-state index is 11.6. The molecular weight excluding hydrogens is 346 g/mol. The predicted octanol–water partition coefficient (Wildman–Crippen LogP) is 1.05. The molecule has 4 N–H and O–H groups in total. The maximum Gasteiger partial charge on any atom is 0.323 e. The Morgan fingerprint density at radius 2 is 1.95 bits per heavy atom. The van der Waals surface area contributed by atoms with Gasteiger partial charge in [-0.25, -0.2) is 13.2 Å². The molecule has 2 atom stereocenters. The lowest BCUT2D eigenvalue weighted by Crippen LogP contribution is -2.22. The first-order valence-electron chi connectivity index (χ1n) is 6.23. The fraction of sp³-hybridized carbons (Fsp3) is 0.417. The number of hydrogen-bond acceptors (Lipinski definition) is 4. The minimum Gasteiger partial charge on any atom is -0.324 e. The number of fused-ring (bicyclic) bond motifs is 1. The van der Waals surface area contributed by atoms with Crippen LogP contribution < -0.4 is 11.4 Å². The van der Waals surface area contributed by atoms with E-state index in [1.807, 2.05) is 0 Å². The number of H-pyrrole nitrogens is 2. The summed E-state index contributed by atoms with van der Waals surface area (Å²) in [6.45, 7) is 0. The molecule has 0 spiro atoms. The van der Waals surface area contributed by atoms with Gasteiger partial charge in [-0.3, -0.25) is 0 Å². The van der Waals surface area contributed by atoms with Gasteiger partial charge < -0.3 is 15.7 Å². The van der Waals surface area contributed by atoms with E-state index < -0.39 is 9.84 Å². The molecule has 0 radical (unpaired) electrons. The zero-order valence-corrected chi connectivity index (χ0v) is 12.9. The van der Waals surface area contributed by atoms with E-state index in [4.69, 9.17) is 5.73 Å². The van der Waals surface area contributed by atoms with E-state index >= 15 is 0 Å². The number of sulfone groups is 1. The zero-order valence-electron chi connectivity index (χ0n) is 10.5. The number of imidazole rings is 1. The number of benzene rings is 1. The Morgan fingerprint density at radius 1 is 1.30 bits per heavy atom. The molecule has 3 rings (SSSR count). The van der Waals surface area contributed by atoms with Crippen molar-refractivity contribution in [1.29, 1.82) is 0 Å². The van der Waals surface area contributed by atoms with Gasteiger partial charge in [0.15, 0.2) is 9.84 Å². The summed E-state index contributed by atoms with van der Waals surface area (Å²) in [5.74, 6) is 0.244. The molecule has 1 aliphatic rings. The van der Waals surface area contributed by atoms with E-state index in [-0.39, 0.29) is 29.2 Å². The summed E-state index contributed by atoms with van der Waals surface area (Å²) in [6.07, 6.45) is 0.581. The standard InChI is InChI=1S/C12H14BrN3O3S/c13-8-4-10-9(15-12(17)16-10)3-7(8)11(14)6-1-2-20(18,19)5-6/h3-4,6,11H,1-2,5,14H2,(H2,15,16,17). The van der Waals surface area contributed by atoms with E-state index in [9.17, 15) is 13.2 Å². The normalized spacial score (nSPS) is 23.2. The van der Waals surface area contributed by atoms with Crippen LogP contribution in [0.5, 0.6) is 0 Å². The number of rotatable bonds is 2. The molecule has 0 amide bonds. The summed E-state index contributed by atoms with van der Waals surface area (Å²) in [5, 5.41) is 0. The van der Waals surface area contributed by atoms with Crippen molar-refractivity contribution >= 4 is 36.8 Å². The number of nitrogens with two attached hydrogens (primary N) is 1. The molecular formula is C12H14BrN3O3S. The van der Waals surface area contributed by atoms with Crippen molar-refractivity contribution in [3.8, 4) is 0 Å². The molecule has 1 fully saturated rings. The highest BCUT2D eigenvalue weighted by Gasteiger charge is 2.33. The van der Waals surface area contributed by atoms with Gasteiger partial charge in [0.2, 0.25) is 0 Å². The molecule has 0 saturated carbocycles. The largest absolute Gasteiger partial charge is 0.324 e. The Labute approximate surface area is 123 Å². The molecule has 20 heavy (non-hydrogen) atoms. The first-order chi connectivity index (χ1) is 9.35. The summed E-state index contributed by atoms with van der Waals surface area (Å²) in [6, 6.07) is 3.21. The molecule has 2 heterocycles. The van der Waals surface area contributed by atoms with Crippen molar-refractivity contribution in [3.05, 3.63) is 32.7 Å². The summed E-state index contributed by atoms with van der Waals surface area (Å²) in [4.78, 5) is 16.6. The van der Waals surface area contributed by atoms with Crippen molar-refractivity contribution in [1.82, 2.24) is 9.97 Å². The third-order valence-electron chi connectivity index (χ3n) is 3.77. The molecule has 0 bridgehead atoms. The van der Waals surface area contributed by atoms with Crippen molar-refractivity contribution in [2.75, 3.05) is 11.5 Å². The van der Waals surface area contributed by atoms with E-state index in [2.05, 4.69) is 25.9 Å². The van der Waals surface area contributed by atoms with E-state index in [0.717, 1.165) is 10.0 Å². The van der Waals surface area contributed by atoms with Gasteiger partial charge in [-0.2, -0.15) is 0 Å². The number of aromatic amines is 2. The van der Waals surface area contributed by atoms with Crippen LogP contribution in [0.4, 0.5) is 0 Å². The average Bonchev–Trinajstić information content (AvgIpc) is 2.88. The summed E-state index contributed by atoms with van der Waals surface area (Å²) < 4.78 is 23.9. The maximum absolute atomic E-state index is 11.6. The van der Waals surface area contributed by atoms with Gasteiger partial charge in [0.25, 0.3) is 0 Å². The molecule has 8 heteroatoms. The number of halogens is 1. The Morgan fingerprint density at radius 3 is 2.55 bits per heavy atom. The molecule has 6 nitrogen and oxygen atoms in total. The highest BCUT2D eigenvalue weighted by Crippen LogP contribution is 2.34. The lowest BCUT2D eigenvalue weighted by atomic mass is 9.93. The number of hydrogen-bond donors (Lipinski definition) is 3. The van der Waals surface area contributed by atoms with Gasteiger partial charge in [-0.15, -0.1) is 0 Å². The zero-order chi connectivity index (χ0) is 14.5. The first kappa shape index (κ1) is 13.8. The van der Waals surface area contributed by atoms with Crippen LogP contribution in [0.2, 0.25) is 0 Å². The van der Waals surface area contributed by atoms with E-state index in [0.29, 0.717) is 17.5 Å². The van der Waals surface area contributed by atoms with Crippen LogP contribution in [0.25, 0.3) is 11.0 Å². The molecule has 0 aliphatic carbocycles. The van der Waals surface area contributed by atoms with Crippen LogP contribution in [-0.4, -0.2) is 29.9 Å². The minimum atomic E-state index is -2.96. The molecule has 2 unspecified atom stereocenters. The van der Waals surface area contributed by atoms with Crippen LogP contribution in [0, 0.1) is 5.92 Å². The Bertz CT molecular complexity index is 824. The molecule has 108 valence electrons. The fourth-order valence-corrected chi connectivity index (χ4v) is 5.15. The Balaban J connectivity index is 2.01. The first-order valence-corrected chi connectivity index (χ1v) is 8.84. The van der Waals surface area contributed by atoms with Crippen molar-refractivity contribution in [2.45, 2.75) is 12.5 Å². The van der Waals surface area contributed by atoms with Gasteiger partial charge in [0.1, 0.15) is 0 Å². The lowest BCUT2D eigenvalue weighted by Gasteiger charge is -2.19. The van der Waals surface area contributed by atoms with Crippen molar-refractivity contribution < 1.29 is 8.42 Å². The monoisotopic (exact) mass is 359 g/mol. The summed E-state index contributed by atoms with van der Waals surface area (Å²) in [7, 11) is -2.96. The van der Waals surface area contributed by atoms with E-state index in [1.165, 1.54) is 0 Å². The van der Waals surface area contributed by atoms with Crippen LogP contribution in [0.1, 0.15) is 18.0 Å². The topological polar surface area (TPSA) is 109 Å². The third kappa shape index (κ3) is 2.43. The number of aromatic nitrogens is 2. The SMILES string of the molecule is NC(c1cc2[nH]c(=O)[nH]c2cc1Br)C1CCS(=O)(=O)C1. The summed E-state index contributed by atoms with van der Waals surface area (Å²) >= 11 is 3.44. The van der Waals surface area contributed by atoms with Gasteiger partial charge in [0.05, 0.1) is 22.5 Å².